The fourth-order valence-electron chi connectivity index (χ4n) is 9.68. The third kappa shape index (κ3) is 6.41. The molecule has 27 heteroatoms. The molecule has 0 aliphatic rings. The molecule has 0 fully saturated rings. The molecule has 69 heavy (non-hydrogen) atoms. The normalized spacial score (nSPS) is 11.8. The van der Waals surface area contributed by atoms with Gasteiger partial charge in [0, 0.05) is 10.8 Å². The molecule has 1 nitrogen and oxygen atoms in total. The Hall–Kier alpha value is -3.97. The van der Waals surface area contributed by atoms with E-state index in [1.165, 1.54) is 0 Å². The van der Waals surface area contributed by atoms with Crippen molar-refractivity contribution >= 4 is 400 Å². The van der Waals surface area contributed by atoms with Crippen LogP contribution in [0.15, 0.2) is 4.42 Å². The van der Waals surface area contributed by atoms with Crippen LogP contribution >= 0.6 is 0 Å². The van der Waals surface area contributed by atoms with Crippen molar-refractivity contribution in [3.05, 3.63) is 0 Å². The first kappa shape index (κ1) is 50.0. The zero-order valence-electron chi connectivity index (χ0n) is 36.4. The first-order chi connectivity index (χ1) is 32.2. The van der Waals surface area contributed by atoms with E-state index in [4.69, 9.17) is 208 Å². The molecule has 0 aliphatic carbocycles. The summed E-state index contributed by atoms with van der Waals surface area (Å²) in [5, 5.41) is 0.316. The quantitative estimate of drug-likeness (QED) is 0.128. The Kier molecular flexibility index (Phi) is 12.2. The van der Waals surface area contributed by atoms with Gasteiger partial charge in [-0.05, 0) is 71.2 Å². The van der Waals surface area contributed by atoms with Crippen molar-refractivity contribution in [1.82, 2.24) is 0 Å². The third-order valence-electron chi connectivity index (χ3n) is 13.4. The summed E-state index contributed by atoms with van der Waals surface area (Å²) in [6.07, 6.45) is 0. The number of furan rings is 1. The van der Waals surface area contributed by atoms with Crippen LogP contribution in [-0.4, -0.2) is 204 Å². The summed E-state index contributed by atoms with van der Waals surface area (Å²) in [7, 11) is 175. The molecule has 0 aliphatic heterocycles. The van der Waals surface area contributed by atoms with Crippen LogP contribution in [0.4, 0.5) is 0 Å². The standard InChI is InChI=1S/C42B26O/c43-15-3-1(7-16(44)14-13-17(45)10-12(27(55)33(61)32(60)24(10)52)29(57)41(13)69-42(14)40(68)28(7)56)5-6(20(48)31(59)30(58)19(5)47)2(8-22(50)34(62)38(66)35(63)23(8)51)4(3)18(46)21(49)9(15)11-25(53)36(64)39(67)37(65)26(11)54. The molecular weight excluding hydrogens is 802 g/mol. The van der Waals surface area contributed by atoms with Gasteiger partial charge in [0.05, 0.1) is 0 Å². The number of hydrogen-bond donors (Lipinski definition) is 0. The SMILES string of the molecule is [B]c1c([B])c([B])c(-c2c([B])c([B])c3c(-c4c([B])c([B])c([B])c([B])c4[B])c4c([B])c([B])c([B])c([B])c4c(-c4c([B])c([B])c5oc6c([B])c7c([B])c([B])c([B])c([B])c7c([B])c6c5c4[B])c3c2[B])c([B])c1[B]. The van der Waals surface area contributed by atoms with Gasteiger partial charge in [-0.2, -0.15) is 0 Å². The third-order valence-corrected chi connectivity index (χ3v) is 13.4. The van der Waals surface area contributed by atoms with E-state index in [0.29, 0.717) is 0 Å². The number of hydrogen-bond acceptors (Lipinski definition) is 1. The van der Waals surface area contributed by atoms with Crippen molar-refractivity contribution in [2.45, 2.75) is 0 Å². The predicted octanol–water partition coefficient (Wildman–Crippen LogP) is -19.3. The summed E-state index contributed by atoms with van der Waals surface area (Å²) in [4.78, 5) is 0. The molecule has 1 heterocycles. The average molecular weight is 802 g/mol. The predicted molar refractivity (Wildman–Crippen MR) is 323 cm³/mol. The molecule has 0 bridgehead atoms. The second-order valence-corrected chi connectivity index (χ2v) is 16.8. The van der Waals surface area contributed by atoms with Crippen LogP contribution in [0.1, 0.15) is 0 Å². The Balaban J connectivity index is 1.67. The summed E-state index contributed by atoms with van der Waals surface area (Å²) >= 11 is 0. The zero-order valence-corrected chi connectivity index (χ0v) is 36.4. The molecule has 9 rings (SSSR count). The molecule has 9 aromatic rings. The van der Waals surface area contributed by atoms with Crippen molar-refractivity contribution in [3.8, 4) is 33.4 Å². The maximum absolute atomic E-state index is 7.44. The highest BCUT2D eigenvalue weighted by molar-refractivity contribution is 6.77. The molecule has 0 amide bonds. The molecule has 0 atom stereocenters. The van der Waals surface area contributed by atoms with Gasteiger partial charge in [-0.1, -0.05) is 81.9 Å². The second kappa shape index (κ2) is 16.8. The molecule has 0 spiro atoms. The van der Waals surface area contributed by atoms with Gasteiger partial charge in [-0.3, -0.25) is 0 Å². The maximum atomic E-state index is 7.44. The van der Waals surface area contributed by atoms with Gasteiger partial charge in [0.2, 0.25) is 0 Å². The Labute approximate surface area is 435 Å². The fourth-order valence-corrected chi connectivity index (χ4v) is 9.68. The molecule has 1 aromatic heterocycles. The van der Waals surface area contributed by atoms with Gasteiger partial charge in [-0.25, -0.2) is 0 Å². The van der Waals surface area contributed by atoms with Crippen LogP contribution in [0.2, 0.25) is 0 Å². The van der Waals surface area contributed by atoms with Crippen molar-refractivity contribution in [3.63, 3.8) is 0 Å². The van der Waals surface area contributed by atoms with Crippen LogP contribution in [0.5, 0.6) is 0 Å². The first-order valence-electron chi connectivity index (χ1n) is 20.2. The molecule has 8 aromatic carbocycles. The Morgan fingerprint density at radius 3 is 0.739 bits per heavy atom. The molecular formula is C42B26O. The van der Waals surface area contributed by atoms with Crippen LogP contribution in [0.25, 0.3) is 87.6 Å². The minimum atomic E-state index is -0.241. The van der Waals surface area contributed by atoms with Gasteiger partial charge in [-0.15, -0.1) is 54.6 Å². The highest BCUT2D eigenvalue weighted by atomic mass is 16.3. The van der Waals surface area contributed by atoms with E-state index in [9.17, 15) is 0 Å². The minimum Gasteiger partial charge on any atom is -0.457 e. The summed E-state index contributed by atoms with van der Waals surface area (Å²) in [5.41, 5.74) is -4.43. The smallest absolute Gasteiger partial charge is 0.128 e. The molecule has 0 N–H and O–H groups in total. The van der Waals surface area contributed by atoms with Crippen LogP contribution in [-0.2, 0) is 0 Å². The molecule has 52 radical (unpaired) electrons. The highest BCUT2D eigenvalue weighted by Gasteiger charge is 2.31. The van der Waals surface area contributed by atoms with Crippen molar-refractivity contribution in [1.29, 1.82) is 0 Å². The van der Waals surface area contributed by atoms with Gasteiger partial charge in [0.1, 0.15) is 215 Å². The molecule has 252 valence electrons. The summed E-state index contributed by atoms with van der Waals surface area (Å²) in [5.74, 6) is 0. The number of fused-ring (bicyclic) bond motifs is 6. The zero-order chi connectivity index (χ0) is 51.0. The van der Waals surface area contributed by atoms with E-state index < -0.39 is 0 Å². The fraction of sp³-hybridized carbons (Fsp3) is 0. The monoisotopic (exact) mass is 806 g/mol. The van der Waals surface area contributed by atoms with E-state index in [2.05, 4.69) is 0 Å². The Morgan fingerprint density at radius 2 is 0.333 bits per heavy atom. The number of benzene rings is 8. The molecule has 0 unspecified atom stereocenters. The van der Waals surface area contributed by atoms with Gasteiger partial charge in [0.25, 0.3) is 0 Å². The Morgan fingerprint density at radius 1 is 0.130 bits per heavy atom. The van der Waals surface area contributed by atoms with E-state index in [1.54, 1.807) is 0 Å². The summed E-state index contributed by atoms with van der Waals surface area (Å²) in [6.45, 7) is 0. The van der Waals surface area contributed by atoms with E-state index in [1.807, 2.05) is 0 Å². The lowest BCUT2D eigenvalue weighted by Gasteiger charge is -2.33. The van der Waals surface area contributed by atoms with Crippen LogP contribution in [0.3, 0.4) is 0 Å². The van der Waals surface area contributed by atoms with Crippen molar-refractivity contribution < 1.29 is 4.42 Å². The topological polar surface area (TPSA) is 13.1 Å². The maximum Gasteiger partial charge on any atom is 0.128 e. The van der Waals surface area contributed by atoms with E-state index in [0.717, 1.165) is 0 Å². The first-order valence-corrected chi connectivity index (χ1v) is 20.2. The van der Waals surface area contributed by atoms with Crippen LogP contribution < -0.4 is 142 Å². The lowest BCUT2D eigenvalue weighted by atomic mass is 9.55. The van der Waals surface area contributed by atoms with Crippen molar-refractivity contribution in [2.75, 3.05) is 0 Å². The largest absolute Gasteiger partial charge is 0.457 e. The number of rotatable bonds is 3. The second-order valence-electron chi connectivity index (χ2n) is 16.8. The average Bonchev–Trinajstić information content (AvgIpc) is 3.74. The Bertz CT molecular complexity index is 3910. The molecule has 0 saturated heterocycles. The minimum absolute atomic E-state index is 0.0116. The highest BCUT2D eigenvalue weighted by Crippen LogP contribution is 2.40. The summed E-state index contributed by atoms with van der Waals surface area (Å²) < 4.78 is 6.38. The lowest BCUT2D eigenvalue weighted by molar-refractivity contribution is 0.675. The summed E-state index contributed by atoms with van der Waals surface area (Å²) in [6, 6.07) is 0. The van der Waals surface area contributed by atoms with E-state index >= 15 is 0 Å². The van der Waals surface area contributed by atoms with Gasteiger partial charge in [0.15, 0.2) is 0 Å². The molecule has 0 saturated carbocycles. The van der Waals surface area contributed by atoms with Crippen molar-refractivity contribution in [2.24, 2.45) is 0 Å². The van der Waals surface area contributed by atoms with Gasteiger partial charge < -0.3 is 4.42 Å². The van der Waals surface area contributed by atoms with E-state index in [-0.39, 0.29) is 230 Å². The van der Waals surface area contributed by atoms with Gasteiger partial charge >= 0.3 is 0 Å². The lowest BCUT2D eigenvalue weighted by Crippen LogP contribution is -2.56. The van der Waals surface area contributed by atoms with Crippen LogP contribution in [0, 0.1) is 0 Å².